The van der Waals surface area contributed by atoms with E-state index < -0.39 is 0 Å². The van der Waals surface area contributed by atoms with Gasteiger partial charge in [0.1, 0.15) is 37.7 Å². The molecule has 198 valence electrons. The normalized spacial score (nSPS) is 17.3. The number of nitrogens with one attached hydrogen (secondary N) is 2. The van der Waals surface area contributed by atoms with Crippen molar-refractivity contribution in [2.75, 3.05) is 32.7 Å². The smallest absolute Gasteiger partial charge is 0.275 e. The van der Waals surface area contributed by atoms with E-state index in [2.05, 4.69) is 65.6 Å². The molecular formula is C30H33Cl2N5O. The summed E-state index contributed by atoms with van der Waals surface area (Å²) in [6, 6.07) is 30.0. The molecule has 3 aromatic heterocycles. The van der Waals surface area contributed by atoms with E-state index in [-0.39, 0.29) is 30.4 Å². The average molecular weight is 551 g/mol. The third-order valence-corrected chi connectivity index (χ3v) is 7.68. The first kappa shape index (κ1) is 27.9. The number of piperazine rings is 1. The van der Waals surface area contributed by atoms with Gasteiger partial charge in [-0.25, -0.2) is 4.98 Å². The molecule has 4 heterocycles. The van der Waals surface area contributed by atoms with Crippen LogP contribution in [0.25, 0.3) is 16.7 Å². The Morgan fingerprint density at radius 1 is 0.763 bits per heavy atom. The number of pyridine rings is 1. The highest BCUT2D eigenvalue weighted by atomic mass is 35.5. The van der Waals surface area contributed by atoms with Gasteiger partial charge < -0.3 is 39.2 Å². The van der Waals surface area contributed by atoms with Gasteiger partial charge >= 0.3 is 0 Å². The Morgan fingerprint density at radius 2 is 1.39 bits per heavy atom. The number of rotatable bonds is 7. The molecule has 0 saturated carbocycles. The van der Waals surface area contributed by atoms with Crippen molar-refractivity contribution in [3.63, 3.8) is 0 Å². The quantitative estimate of drug-likeness (QED) is 0.215. The van der Waals surface area contributed by atoms with Gasteiger partial charge in [0.05, 0.1) is 12.1 Å². The molecule has 6 rings (SSSR count). The number of fused-ring (bicyclic) bond motifs is 3. The van der Waals surface area contributed by atoms with Gasteiger partial charge in [0.2, 0.25) is 0 Å². The molecule has 0 atom stereocenters. The van der Waals surface area contributed by atoms with E-state index in [0.717, 1.165) is 56.9 Å². The van der Waals surface area contributed by atoms with Crippen molar-refractivity contribution in [1.82, 2.24) is 14.0 Å². The zero-order chi connectivity index (χ0) is 24.3. The highest BCUT2D eigenvalue weighted by Gasteiger charge is 2.31. The van der Waals surface area contributed by atoms with Crippen molar-refractivity contribution in [3.05, 3.63) is 119 Å². The number of hydrogen-bond acceptors (Lipinski definition) is 2. The van der Waals surface area contributed by atoms with E-state index in [1.54, 1.807) is 16.0 Å². The summed E-state index contributed by atoms with van der Waals surface area (Å²) in [7, 11) is 0. The lowest BCUT2D eigenvalue weighted by molar-refractivity contribution is -1.02. The molecule has 2 N–H and O–H groups in total. The Morgan fingerprint density at radius 3 is 2.05 bits per heavy atom. The molecule has 0 unspecified atom stereocenters. The van der Waals surface area contributed by atoms with E-state index >= 15 is 0 Å². The first-order chi connectivity index (χ1) is 17.8. The van der Waals surface area contributed by atoms with Crippen molar-refractivity contribution >= 4 is 16.7 Å². The van der Waals surface area contributed by atoms with Crippen molar-refractivity contribution in [1.29, 1.82) is 0 Å². The summed E-state index contributed by atoms with van der Waals surface area (Å²) >= 11 is 0. The molecule has 6 nitrogen and oxygen atoms in total. The molecule has 2 aromatic carbocycles. The molecule has 5 aromatic rings. The van der Waals surface area contributed by atoms with E-state index in [9.17, 15) is 4.79 Å². The van der Waals surface area contributed by atoms with Gasteiger partial charge in [-0.2, -0.15) is 0 Å². The molecule has 1 saturated heterocycles. The third kappa shape index (κ3) is 5.49. The van der Waals surface area contributed by atoms with Gasteiger partial charge in [-0.1, -0.05) is 60.7 Å². The van der Waals surface area contributed by atoms with Gasteiger partial charge in [0.25, 0.3) is 5.56 Å². The number of halogens is 2. The summed E-state index contributed by atoms with van der Waals surface area (Å²) < 4.78 is 3.82. The Labute approximate surface area is 235 Å². The molecule has 0 aliphatic carbocycles. The molecule has 0 bridgehead atoms. The summed E-state index contributed by atoms with van der Waals surface area (Å²) in [5.41, 5.74) is 5.29. The molecule has 0 radical (unpaired) electrons. The fraction of sp³-hybridized carbons (Fsp3) is 0.267. The van der Waals surface area contributed by atoms with Crippen LogP contribution >= 0.6 is 0 Å². The van der Waals surface area contributed by atoms with Crippen LogP contribution in [0.3, 0.4) is 0 Å². The highest BCUT2D eigenvalue weighted by molar-refractivity contribution is 5.74. The van der Waals surface area contributed by atoms with Crippen LogP contribution in [0, 0.1) is 0 Å². The van der Waals surface area contributed by atoms with Gasteiger partial charge in [0, 0.05) is 36.5 Å². The van der Waals surface area contributed by atoms with E-state index in [1.807, 2.05) is 39.4 Å². The van der Waals surface area contributed by atoms with Crippen LogP contribution in [-0.4, -0.2) is 46.7 Å². The summed E-state index contributed by atoms with van der Waals surface area (Å²) in [6.07, 6.45) is 4.69. The van der Waals surface area contributed by atoms with E-state index in [1.165, 1.54) is 11.1 Å². The predicted molar refractivity (Wildman–Crippen MR) is 143 cm³/mol. The SMILES string of the molecule is O=c1c2cccn2c2ncccc2n1CCC[NH+]1CC[NH+](C(c2ccccc2)c2ccccc2)CC1.[Cl-].[Cl-]. The van der Waals surface area contributed by atoms with Crippen LogP contribution in [-0.2, 0) is 6.54 Å². The molecule has 38 heavy (non-hydrogen) atoms. The van der Waals surface area contributed by atoms with Crippen LogP contribution in [0.5, 0.6) is 0 Å². The van der Waals surface area contributed by atoms with Crippen molar-refractivity contribution in [3.8, 4) is 0 Å². The van der Waals surface area contributed by atoms with Gasteiger partial charge in [0.15, 0.2) is 5.65 Å². The summed E-state index contributed by atoms with van der Waals surface area (Å²) in [4.78, 5) is 21.0. The standard InChI is InChI=1S/C30H31N5O.2ClH/c36-30-27-15-8-18-34(27)29-26(14-7-16-31-29)35(30)19-9-17-32-20-22-33(23-21-32)28(24-10-3-1-4-11-24)25-12-5-2-6-13-25;;/h1-8,10-16,18,28H,9,17,19-23H2;2*1H. The summed E-state index contributed by atoms with van der Waals surface area (Å²) in [5, 5.41) is 0. The van der Waals surface area contributed by atoms with Gasteiger partial charge in [-0.05, 0) is 24.3 Å². The number of hydrogen-bond donors (Lipinski definition) is 2. The molecule has 1 fully saturated rings. The van der Waals surface area contributed by atoms with E-state index in [4.69, 9.17) is 0 Å². The lowest BCUT2D eigenvalue weighted by Gasteiger charge is -2.35. The van der Waals surface area contributed by atoms with Crippen molar-refractivity contribution in [2.45, 2.75) is 19.0 Å². The van der Waals surface area contributed by atoms with Crippen LogP contribution in [0.1, 0.15) is 23.6 Å². The molecule has 1 aliphatic rings. The van der Waals surface area contributed by atoms with Gasteiger partial charge in [-0.3, -0.25) is 9.20 Å². The van der Waals surface area contributed by atoms with Crippen molar-refractivity contribution in [2.24, 2.45) is 0 Å². The molecule has 0 amide bonds. The Bertz CT molecular complexity index is 1470. The van der Waals surface area contributed by atoms with Crippen LogP contribution in [0.4, 0.5) is 0 Å². The summed E-state index contributed by atoms with van der Waals surface area (Å²) in [6.45, 7) is 6.40. The number of quaternary nitrogens is 2. The molecule has 0 spiro atoms. The Kier molecular flexibility index (Phi) is 9.23. The zero-order valence-corrected chi connectivity index (χ0v) is 22.8. The number of aryl methyl sites for hydroxylation is 1. The van der Waals surface area contributed by atoms with Crippen LogP contribution < -0.4 is 40.2 Å². The second-order valence-corrected chi connectivity index (χ2v) is 9.83. The van der Waals surface area contributed by atoms with Crippen molar-refractivity contribution < 1.29 is 34.6 Å². The Balaban J connectivity index is 0.00000168. The minimum absolute atomic E-state index is 0. The monoisotopic (exact) mass is 549 g/mol. The minimum atomic E-state index is 0. The topological polar surface area (TPSA) is 48.2 Å². The van der Waals surface area contributed by atoms with Crippen LogP contribution in [0.2, 0.25) is 0 Å². The molecule has 1 aliphatic heterocycles. The van der Waals surface area contributed by atoms with Crippen LogP contribution in [0.15, 0.2) is 102 Å². The maximum atomic E-state index is 13.2. The number of nitrogens with zero attached hydrogens (tertiary/aromatic N) is 3. The minimum Gasteiger partial charge on any atom is -1.00 e. The number of benzene rings is 2. The average Bonchev–Trinajstić information content (AvgIpc) is 3.44. The summed E-state index contributed by atoms with van der Waals surface area (Å²) in [5.74, 6) is 0. The fourth-order valence-electron chi connectivity index (χ4n) is 5.90. The Hall–Kier alpha value is -3.16. The third-order valence-electron chi connectivity index (χ3n) is 7.68. The fourth-order valence-corrected chi connectivity index (χ4v) is 5.90. The maximum Gasteiger partial charge on any atom is 0.275 e. The van der Waals surface area contributed by atoms with Gasteiger partial charge in [-0.15, -0.1) is 0 Å². The molecular weight excluding hydrogens is 517 g/mol. The predicted octanol–water partition coefficient (Wildman–Crippen LogP) is -4.38. The lowest BCUT2D eigenvalue weighted by Crippen LogP contribution is -3.28. The highest BCUT2D eigenvalue weighted by Crippen LogP contribution is 2.19. The van der Waals surface area contributed by atoms with E-state index in [0.29, 0.717) is 11.6 Å². The maximum absolute atomic E-state index is 13.2. The zero-order valence-electron chi connectivity index (χ0n) is 21.3. The second-order valence-electron chi connectivity index (χ2n) is 9.83. The largest absolute Gasteiger partial charge is 1.00 e. The first-order valence-electron chi connectivity index (χ1n) is 13.0. The lowest BCUT2D eigenvalue weighted by atomic mass is 9.96. The number of aromatic nitrogens is 3. The molecule has 8 heteroatoms. The second kappa shape index (κ2) is 12.6. The first-order valence-corrected chi connectivity index (χ1v) is 13.0.